The van der Waals surface area contributed by atoms with Crippen LogP contribution in [0, 0.1) is 0 Å². The smallest absolute Gasteiger partial charge is 0.407 e. The summed E-state index contributed by atoms with van der Waals surface area (Å²) in [7, 11) is 2.90. The number of rotatable bonds is 12. The number of amides is 2. The lowest BCUT2D eigenvalue weighted by Gasteiger charge is -2.26. The molecule has 0 aliphatic heterocycles. The molecule has 1 unspecified atom stereocenters. The molecule has 3 aromatic rings. The third kappa shape index (κ3) is 7.49. The van der Waals surface area contributed by atoms with E-state index in [9.17, 15) is 24.3 Å². The van der Waals surface area contributed by atoms with Gasteiger partial charge in [0.25, 0.3) is 0 Å². The van der Waals surface area contributed by atoms with E-state index in [-0.39, 0.29) is 19.1 Å². The number of benzene rings is 3. The SMILES string of the molecule is COC(=O)C[C@@H](NC(=O)C(CN(C)Cc1ccccc1)NC(=O)OCC1c2ccccc2-c2ccccc21)C(=O)O. The summed E-state index contributed by atoms with van der Waals surface area (Å²) in [6.07, 6.45) is -1.38. The summed E-state index contributed by atoms with van der Waals surface area (Å²) in [5, 5.41) is 14.5. The Balaban J connectivity index is 1.46. The zero-order valence-corrected chi connectivity index (χ0v) is 22.9. The number of methoxy groups -OCH3 is 1. The topological polar surface area (TPSA) is 134 Å². The third-order valence-electron chi connectivity index (χ3n) is 6.95. The number of nitrogens with one attached hydrogen (secondary N) is 2. The fourth-order valence-corrected chi connectivity index (χ4v) is 4.97. The summed E-state index contributed by atoms with van der Waals surface area (Å²) in [6.45, 7) is 0.575. The highest BCUT2D eigenvalue weighted by atomic mass is 16.5. The van der Waals surface area contributed by atoms with Gasteiger partial charge in [-0.25, -0.2) is 9.59 Å². The fourth-order valence-electron chi connectivity index (χ4n) is 4.97. The van der Waals surface area contributed by atoms with Crippen LogP contribution in [0.1, 0.15) is 29.0 Å². The maximum atomic E-state index is 13.2. The number of esters is 1. The normalized spacial score (nSPS) is 13.4. The van der Waals surface area contributed by atoms with Crippen LogP contribution in [0.25, 0.3) is 11.1 Å². The lowest BCUT2D eigenvalue weighted by Crippen LogP contribution is -2.55. The average molecular weight is 560 g/mol. The molecule has 41 heavy (non-hydrogen) atoms. The second-order valence-electron chi connectivity index (χ2n) is 9.88. The van der Waals surface area contributed by atoms with Gasteiger partial charge in [0.1, 0.15) is 18.7 Å². The van der Waals surface area contributed by atoms with Gasteiger partial charge in [-0.1, -0.05) is 78.9 Å². The predicted octanol–water partition coefficient (Wildman–Crippen LogP) is 3.16. The van der Waals surface area contributed by atoms with Crippen LogP contribution >= 0.6 is 0 Å². The number of aliphatic carboxylic acids is 1. The number of fused-ring (bicyclic) bond motifs is 3. The quantitative estimate of drug-likeness (QED) is 0.288. The first kappa shape index (κ1) is 29.3. The minimum atomic E-state index is -1.53. The second-order valence-corrected chi connectivity index (χ2v) is 9.88. The maximum Gasteiger partial charge on any atom is 0.407 e. The van der Waals surface area contributed by atoms with E-state index in [1.165, 1.54) is 0 Å². The van der Waals surface area contributed by atoms with E-state index in [1.807, 2.05) is 83.8 Å². The standard InChI is InChI=1S/C31H33N3O7/c1-34(17-20-10-4-3-5-11-20)18-27(29(36)32-26(30(37)38)16-28(35)40-2)33-31(39)41-19-25-23-14-8-6-12-21(23)22-13-7-9-15-24(22)25/h3-15,25-27H,16-19H2,1-2H3,(H,32,36)(H,33,39)(H,37,38)/t26-,27?/m1/s1. The van der Waals surface area contributed by atoms with Crippen LogP contribution in [0.15, 0.2) is 78.9 Å². The fraction of sp³-hybridized carbons (Fsp3) is 0.290. The number of carbonyl (C=O) groups excluding carboxylic acids is 3. The molecule has 3 N–H and O–H groups in total. The Labute approximate surface area is 238 Å². The summed E-state index contributed by atoms with van der Waals surface area (Å²) >= 11 is 0. The molecule has 0 radical (unpaired) electrons. The molecular formula is C31H33N3O7. The van der Waals surface area contributed by atoms with Crippen molar-refractivity contribution < 1.29 is 33.8 Å². The van der Waals surface area contributed by atoms with E-state index >= 15 is 0 Å². The van der Waals surface area contributed by atoms with Gasteiger partial charge in [-0.05, 0) is 34.9 Å². The van der Waals surface area contributed by atoms with E-state index in [0.717, 1.165) is 34.9 Å². The molecule has 2 amide bonds. The number of alkyl carbamates (subject to hydrolysis) is 1. The molecule has 0 aromatic heterocycles. The maximum absolute atomic E-state index is 13.2. The molecule has 0 saturated carbocycles. The van der Waals surface area contributed by atoms with Crippen molar-refractivity contribution in [2.24, 2.45) is 0 Å². The highest BCUT2D eigenvalue weighted by Gasteiger charge is 2.32. The molecule has 0 fully saturated rings. The van der Waals surface area contributed by atoms with Gasteiger partial charge in [0, 0.05) is 19.0 Å². The lowest BCUT2D eigenvalue weighted by molar-refractivity contribution is -0.149. The molecule has 0 heterocycles. The van der Waals surface area contributed by atoms with Crippen molar-refractivity contribution in [3.63, 3.8) is 0 Å². The van der Waals surface area contributed by atoms with Gasteiger partial charge in [0.15, 0.2) is 0 Å². The molecule has 10 nitrogen and oxygen atoms in total. The number of ether oxygens (including phenoxy) is 2. The summed E-state index contributed by atoms with van der Waals surface area (Å²) in [5.74, 6) is -3.13. The summed E-state index contributed by atoms with van der Waals surface area (Å²) in [5.41, 5.74) is 5.25. The lowest BCUT2D eigenvalue weighted by atomic mass is 9.98. The van der Waals surface area contributed by atoms with E-state index in [1.54, 1.807) is 7.05 Å². The minimum Gasteiger partial charge on any atom is -0.480 e. The van der Waals surface area contributed by atoms with Gasteiger partial charge in [0.2, 0.25) is 5.91 Å². The molecular weight excluding hydrogens is 526 g/mol. The molecule has 1 aliphatic rings. The van der Waals surface area contributed by atoms with Crippen molar-refractivity contribution in [3.8, 4) is 11.1 Å². The first-order valence-electron chi connectivity index (χ1n) is 13.2. The number of hydrogen-bond acceptors (Lipinski definition) is 7. The minimum absolute atomic E-state index is 0.0497. The Morgan fingerprint density at radius 1 is 0.854 bits per heavy atom. The monoisotopic (exact) mass is 559 g/mol. The third-order valence-corrected chi connectivity index (χ3v) is 6.95. The van der Waals surface area contributed by atoms with Crippen LogP contribution in [0.3, 0.4) is 0 Å². The van der Waals surface area contributed by atoms with E-state index in [4.69, 9.17) is 4.74 Å². The average Bonchev–Trinajstić information content (AvgIpc) is 3.29. The molecule has 0 bridgehead atoms. The van der Waals surface area contributed by atoms with Gasteiger partial charge in [-0.3, -0.25) is 14.5 Å². The second kappa shape index (κ2) is 13.6. The van der Waals surface area contributed by atoms with Gasteiger partial charge >= 0.3 is 18.0 Å². The van der Waals surface area contributed by atoms with Crippen molar-refractivity contribution in [2.45, 2.75) is 31.0 Å². The summed E-state index contributed by atoms with van der Waals surface area (Å²) in [4.78, 5) is 51.4. The van der Waals surface area contributed by atoms with Crippen molar-refractivity contribution in [1.82, 2.24) is 15.5 Å². The molecule has 214 valence electrons. The van der Waals surface area contributed by atoms with Crippen LogP contribution in [0.5, 0.6) is 0 Å². The van der Waals surface area contributed by atoms with Crippen molar-refractivity contribution >= 4 is 23.9 Å². The Bertz CT molecular complexity index is 1350. The van der Waals surface area contributed by atoms with Crippen molar-refractivity contribution in [3.05, 3.63) is 95.6 Å². The van der Waals surface area contributed by atoms with Crippen molar-refractivity contribution in [2.75, 3.05) is 27.3 Å². The molecule has 1 aliphatic carbocycles. The van der Waals surface area contributed by atoms with Crippen LogP contribution < -0.4 is 10.6 Å². The van der Waals surface area contributed by atoms with Crippen LogP contribution in [-0.4, -0.2) is 73.3 Å². The molecule has 2 atom stereocenters. The van der Waals surface area contributed by atoms with Gasteiger partial charge < -0.3 is 25.2 Å². The van der Waals surface area contributed by atoms with Gasteiger partial charge in [0.05, 0.1) is 13.5 Å². The van der Waals surface area contributed by atoms with Gasteiger partial charge in [-0.15, -0.1) is 0 Å². The van der Waals surface area contributed by atoms with Crippen molar-refractivity contribution in [1.29, 1.82) is 0 Å². The summed E-state index contributed by atoms with van der Waals surface area (Å²) in [6, 6.07) is 22.7. The van der Waals surface area contributed by atoms with E-state index in [0.29, 0.717) is 6.54 Å². The zero-order valence-electron chi connectivity index (χ0n) is 22.9. The highest BCUT2D eigenvalue weighted by Crippen LogP contribution is 2.44. The van der Waals surface area contributed by atoms with Gasteiger partial charge in [-0.2, -0.15) is 0 Å². The van der Waals surface area contributed by atoms with E-state index < -0.39 is 42.4 Å². The number of carbonyl (C=O) groups is 4. The number of likely N-dealkylation sites (N-methyl/N-ethyl adjacent to an activating group) is 1. The number of carboxylic acids is 1. The molecule has 0 saturated heterocycles. The number of nitrogens with zero attached hydrogens (tertiary/aromatic N) is 1. The zero-order chi connectivity index (χ0) is 29.4. The van der Waals surface area contributed by atoms with Crippen LogP contribution in [-0.2, 0) is 30.4 Å². The Hall–Kier alpha value is -4.70. The molecule has 10 heteroatoms. The number of hydrogen-bond donors (Lipinski definition) is 3. The first-order chi connectivity index (χ1) is 19.8. The number of carboxylic acid groups (broad SMARTS) is 1. The largest absolute Gasteiger partial charge is 0.480 e. The highest BCUT2D eigenvalue weighted by molar-refractivity contribution is 5.91. The Morgan fingerprint density at radius 2 is 1.44 bits per heavy atom. The summed E-state index contributed by atoms with van der Waals surface area (Å²) < 4.78 is 10.2. The predicted molar refractivity (Wildman–Crippen MR) is 151 cm³/mol. The van der Waals surface area contributed by atoms with Crippen LogP contribution in [0.2, 0.25) is 0 Å². The van der Waals surface area contributed by atoms with E-state index in [2.05, 4.69) is 15.4 Å². The molecule has 0 spiro atoms. The first-order valence-corrected chi connectivity index (χ1v) is 13.2. The Kier molecular flexibility index (Phi) is 9.70. The molecule has 4 rings (SSSR count). The molecule has 3 aromatic carbocycles. The Morgan fingerprint density at radius 3 is 2.02 bits per heavy atom. The van der Waals surface area contributed by atoms with Crippen LogP contribution in [0.4, 0.5) is 4.79 Å².